The number of benzene rings is 1. The van der Waals surface area contributed by atoms with Crippen LogP contribution in [0.2, 0.25) is 0 Å². The Morgan fingerprint density at radius 2 is 1.77 bits per heavy atom. The van der Waals surface area contributed by atoms with Crippen LogP contribution in [0.5, 0.6) is 0 Å². The maximum atomic E-state index is 13.6. The lowest BCUT2D eigenvalue weighted by Gasteiger charge is -2.15. The number of anilines is 1. The number of likely N-dealkylation sites (N-methyl/N-ethyl adjacent to an activating group) is 1. The van der Waals surface area contributed by atoms with Crippen molar-refractivity contribution in [3.8, 4) is 6.07 Å². The van der Waals surface area contributed by atoms with Gasteiger partial charge in [0.15, 0.2) is 0 Å². The largest absolute Gasteiger partial charge is 0.431 e. The third kappa shape index (κ3) is 6.04. The molecular weight excluding hydrogens is 363 g/mol. The fourth-order valence-electron chi connectivity index (χ4n) is 1.45. The Morgan fingerprint density at radius 3 is 2.23 bits per heavy atom. The molecule has 142 valence electrons. The topological polar surface area (TPSA) is 85.2 Å². The summed E-state index contributed by atoms with van der Waals surface area (Å²) in [6.45, 7) is 0. The van der Waals surface area contributed by atoms with E-state index >= 15 is 0 Å². The average Bonchev–Trinajstić information content (AvgIpc) is 2.48. The van der Waals surface area contributed by atoms with E-state index in [-0.39, 0.29) is 13.5 Å². The summed E-state index contributed by atoms with van der Waals surface area (Å²) >= 11 is 0. The maximum absolute atomic E-state index is 13.6. The zero-order valence-corrected chi connectivity index (χ0v) is 12.8. The summed E-state index contributed by atoms with van der Waals surface area (Å²) in [6, 6.07) is 0.713. The van der Waals surface area contributed by atoms with Crippen LogP contribution in [-0.4, -0.2) is 37.1 Å². The van der Waals surface area contributed by atoms with Gasteiger partial charge in [-0.3, -0.25) is 4.79 Å². The van der Waals surface area contributed by atoms with Gasteiger partial charge in [0, 0.05) is 26.2 Å². The SMILES string of the molecule is C.CN(C)C(=O)/C=C(\NC(=O)Nc1cc(F)c(C#N)cc1F)C(F)(F)F. The lowest BCUT2D eigenvalue weighted by Crippen LogP contribution is -2.36. The highest BCUT2D eigenvalue weighted by Gasteiger charge is 2.36. The Labute approximate surface area is 145 Å². The molecule has 0 radical (unpaired) electrons. The van der Waals surface area contributed by atoms with E-state index in [1.807, 2.05) is 0 Å². The number of halogens is 5. The van der Waals surface area contributed by atoms with Crippen LogP contribution >= 0.6 is 0 Å². The van der Waals surface area contributed by atoms with Crippen LogP contribution in [-0.2, 0) is 4.79 Å². The molecule has 1 rings (SSSR count). The van der Waals surface area contributed by atoms with Gasteiger partial charge >= 0.3 is 12.2 Å². The second-order valence-corrected chi connectivity index (χ2v) is 4.79. The molecule has 0 fully saturated rings. The minimum atomic E-state index is -5.07. The molecule has 0 unspecified atom stereocenters. The predicted molar refractivity (Wildman–Crippen MR) is 82.8 cm³/mol. The van der Waals surface area contributed by atoms with Crippen molar-refractivity contribution in [1.29, 1.82) is 5.26 Å². The van der Waals surface area contributed by atoms with Gasteiger partial charge in [-0.25, -0.2) is 13.6 Å². The minimum Gasteiger partial charge on any atom is -0.345 e. The van der Waals surface area contributed by atoms with E-state index in [4.69, 9.17) is 5.26 Å². The van der Waals surface area contributed by atoms with E-state index < -0.39 is 46.7 Å². The van der Waals surface area contributed by atoms with Gasteiger partial charge in [-0.05, 0) is 6.07 Å². The number of carbonyl (C=O) groups excluding carboxylic acids is 2. The lowest BCUT2D eigenvalue weighted by molar-refractivity contribution is -0.125. The Kier molecular flexibility index (Phi) is 7.73. The van der Waals surface area contributed by atoms with E-state index in [0.717, 1.165) is 4.90 Å². The number of rotatable bonds is 3. The number of allylic oxidation sites excluding steroid dienone is 1. The van der Waals surface area contributed by atoms with E-state index in [1.54, 1.807) is 5.32 Å². The van der Waals surface area contributed by atoms with Crippen LogP contribution in [0.1, 0.15) is 13.0 Å². The van der Waals surface area contributed by atoms with Crippen molar-refractivity contribution in [2.45, 2.75) is 13.6 Å². The molecule has 0 aromatic heterocycles. The smallest absolute Gasteiger partial charge is 0.345 e. The van der Waals surface area contributed by atoms with E-state index in [1.165, 1.54) is 25.5 Å². The van der Waals surface area contributed by atoms with Gasteiger partial charge in [0.05, 0.1) is 11.3 Å². The molecule has 0 aliphatic carbocycles. The summed E-state index contributed by atoms with van der Waals surface area (Å²) in [5, 5.41) is 11.5. The fourth-order valence-corrected chi connectivity index (χ4v) is 1.45. The number of hydrogen-bond donors (Lipinski definition) is 2. The summed E-state index contributed by atoms with van der Waals surface area (Å²) < 4.78 is 65.5. The van der Waals surface area contributed by atoms with Gasteiger partial charge in [-0.15, -0.1) is 0 Å². The third-order valence-corrected chi connectivity index (χ3v) is 2.69. The van der Waals surface area contributed by atoms with Crippen molar-refractivity contribution in [3.63, 3.8) is 0 Å². The van der Waals surface area contributed by atoms with Crippen LogP contribution in [0.25, 0.3) is 0 Å². The van der Waals surface area contributed by atoms with E-state index in [9.17, 15) is 31.5 Å². The molecule has 1 aromatic carbocycles. The molecule has 6 nitrogen and oxygen atoms in total. The molecule has 26 heavy (non-hydrogen) atoms. The van der Waals surface area contributed by atoms with Crippen molar-refractivity contribution in [2.24, 2.45) is 0 Å². The molecule has 0 bridgehead atoms. The second-order valence-electron chi connectivity index (χ2n) is 4.79. The quantitative estimate of drug-likeness (QED) is 0.626. The molecule has 11 heteroatoms. The van der Waals surface area contributed by atoms with Crippen molar-refractivity contribution >= 4 is 17.6 Å². The molecule has 0 atom stereocenters. The fraction of sp³-hybridized carbons (Fsp3) is 0.267. The number of nitrogens with one attached hydrogen (secondary N) is 2. The number of urea groups is 1. The van der Waals surface area contributed by atoms with Gasteiger partial charge in [-0.2, -0.15) is 18.4 Å². The van der Waals surface area contributed by atoms with Gasteiger partial charge in [0.25, 0.3) is 0 Å². The number of alkyl halides is 3. The lowest BCUT2D eigenvalue weighted by atomic mass is 10.2. The Balaban J connectivity index is 0.00000625. The molecule has 0 saturated heterocycles. The number of nitriles is 1. The van der Waals surface area contributed by atoms with Crippen molar-refractivity contribution in [2.75, 3.05) is 19.4 Å². The van der Waals surface area contributed by atoms with Crippen LogP contribution in [0.15, 0.2) is 23.9 Å². The maximum Gasteiger partial charge on any atom is 0.431 e. The molecule has 0 aliphatic rings. The number of nitrogens with zero attached hydrogens (tertiary/aromatic N) is 2. The monoisotopic (exact) mass is 378 g/mol. The molecule has 3 amide bonds. The summed E-state index contributed by atoms with van der Waals surface area (Å²) in [5.74, 6) is -3.45. The van der Waals surface area contributed by atoms with E-state index in [0.29, 0.717) is 12.1 Å². The average molecular weight is 378 g/mol. The van der Waals surface area contributed by atoms with E-state index in [2.05, 4.69) is 0 Å². The molecule has 0 heterocycles. The van der Waals surface area contributed by atoms with Gasteiger partial charge in [0.2, 0.25) is 5.91 Å². The third-order valence-electron chi connectivity index (χ3n) is 2.69. The second kappa shape index (κ2) is 8.80. The Hall–Kier alpha value is -3.16. The summed E-state index contributed by atoms with van der Waals surface area (Å²) in [5.41, 5.74) is -3.12. The van der Waals surface area contributed by atoms with Gasteiger partial charge in [-0.1, -0.05) is 7.43 Å². The van der Waals surface area contributed by atoms with Crippen LogP contribution in [0, 0.1) is 23.0 Å². The first-order valence-electron chi connectivity index (χ1n) is 6.43. The Morgan fingerprint density at radius 1 is 1.19 bits per heavy atom. The zero-order valence-electron chi connectivity index (χ0n) is 12.8. The van der Waals surface area contributed by atoms with Crippen LogP contribution < -0.4 is 10.6 Å². The first kappa shape index (κ1) is 22.8. The first-order valence-corrected chi connectivity index (χ1v) is 6.43. The van der Waals surface area contributed by atoms with Crippen molar-refractivity contribution in [3.05, 3.63) is 41.1 Å². The summed E-state index contributed by atoms with van der Waals surface area (Å²) in [6.07, 6.45) is -4.94. The molecule has 0 saturated carbocycles. The molecular formula is C15H15F5N4O2. The molecule has 1 aromatic rings. The molecule has 2 N–H and O–H groups in total. The first-order chi connectivity index (χ1) is 11.5. The molecule has 0 aliphatic heterocycles. The minimum absolute atomic E-state index is 0. The predicted octanol–water partition coefficient (Wildman–Crippen LogP) is 3.13. The number of hydrogen-bond acceptors (Lipinski definition) is 3. The van der Waals surface area contributed by atoms with Crippen LogP contribution in [0.3, 0.4) is 0 Å². The summed E-state index contributed by atoms with van der Waals surface area (Å²) in [4.78, 5) is 23.8. The van der Waals surface area contributed by atoms with Crippen LogP contribution in [0.4, 0.5) is 32.4 Å². The highest BCUT2D eigenvalue weighted by molar-refractivity contribution is 5.93. The summed E-state index contributed by atoms with van der Waals surface area (Å²) in [7, 11) is 2.39. The van der Waals surface area contributed by atoms with Gasteiger partial charge < -0.3 is 15.5 Å². The number of carbonyl (C=O) groups is 2. The standard InChI is InChI=1S/C14H11F5N4O2.CH4/c1-23(2)12(24)5-11(14(17,18)19)22-13(25)21-10-4-8(15)7(6-20)3-9(10)16;/h3-5H,1-2H3,(H2,21,22,25);1H4/b11-5-;. The van der Waals surface area contributed by atoms with Gasteiger partial charge in [0.1, 0.15) is 23.4 Å². The van der Waals surface area contributed by atoms with Crippen molar-refractivity contribution < 1.29 is 31.5 Å². The van der Waals surface area contributed by atoms with Crippen molar-refractivity contribution in [1.82, 2.24) is 10.2 Å². The Bertz CT molecular complexity index is 767. The highest BCUT2D eigenvalue weighted by atomic mass is 19.4. The zero-order chi connectivity index (χ0) is 19.4. The molecule has 0 spiro atoms. The number of amides is 3. The highest BCUT2D eigenvalue weighted by Crippen LogP contribution is 2.24. The normalized spacial score (nSPS) is 11.1.